The Morgan fingerprint density at radius 2 is 1.96 bits per heavy atom. The summed E-state index contributed by atoms with van der Waals surface area (Å²) in [5, 5.41) is 12.7. The first kappa shape index (κ1) is 16.1. The van der Waals surface area contributed by atoms with Crippen LogP contribution in [-0.2, 0) is 6.54 Å². The summed E-state index contributed by atoms with van der Waals surface area (Å²) < 4.78 is 40.1. The lowest BCUT2D eigenvalue weighted by molar-refractivity contribution is -0.207. The van der Waals surface area contributed by atoms with Crippen molar-refractivity contribution < 1.29 is 18.3 Å². The number of aliphatic hydroxyl groups excluding tert-OH is 1. The SMILES string of the molecule is O=c1n([C@H]2CN2)cc(-c2ccc(Cl)cc2)n1CC(O)C(F)(F)F. The third-order valence-electron chi connectivity index (χ3n) is 3.60. The molecule has 0 radical (unpaired) electrons. The van der Waals surface area contributed by atoms with Crippen molar-refractivity contribution in [2.24, 2.45) is 0 Å². The minimum absolute atomic E-state index is 0.224. The molecule has 2 atom stereocenters. The second-order valence-corrected chi connectivity index (χ2v) is 5.74. The molecular weight excluding hydrogens is 335 g/mol. The summed E-state index contributed by atoms with van der Waals surface area (Å²) in [5.74, 6) is 0. The first-order chi connectivity index (χ1) is 10.8. The Balaban J connectivity index is 2.05. The maximum Gasteiger partial charge on any atom is 0.416 e. The summed E-state index contributed by atoms with van der Waals surface area (Å²) in [6, 6.07) is 6.38. The molecule has 0 bridgehead atoms. The van der Waals surface area contributed by atoms with Crippen LogP contribution < -0.4 is 11.0 Å². The number of benzene rings is 1. The summed E-state index contributed by atoms with van der Waals surface area (Å²) in [6.45, 7) is -0.286. The number of nitrogens with zero attached hydrogens (tertiary/aromatic N) is 2. The Morgan fingerprint density at radius 1 is 1.35 bits per heavy atom. The molecule has 1 aromatic carbocycles. The van der Waals surface area contributed by atoms with Crippen LogP contribution in [0.25, 0.3) is 11.3 Å². The number of rotatable bonds is 4. The number of halogens is 4. The van der Waals surface area contributed by atoms with Gasteiger partial charge in [0.15, 0.2) is 6.10 Å². The summed E-state index contributed by atoms with van der Waals surface area (Å²) in [5.41, 5.74) is 0.234. The zero-order valence-electron chi connectivity index (χ0n) is 11.7. The Bertz CT molecular complexity index is 763. The van der Waals surface area contributed by atoms with Crippen molar-refractivity contribution >= 4 is 11.6 Å². The van der Waals surface area contributed by atoms with E-state index in [9.17, 15) is 23.1 Å². The Morgan fingerprint density at radius 3 is 2.48 bits per heavy atom. The van der Waals surface area contributed by atoms with Crippen molar-refractivity contribution in [3.05, 3.63) is 46.0 Å². The van der Waals surface area contributed by atoms with Gasteiger partial charge in [0, 0.05) is 17.8 Å². The third-order valence-corrected chi connectivity index (χ3v) is 3.85. The monoisotopic (exact) mass is 347 g/mol. The van der Waals surface area contributed by atoms with E-state index in [0.29, 0.717) is 22.8 Å². The molecule has 124 valence electrons. The molecule has 1 aromatic heterocycles. The molecule has 5 nitrogen and oxygen atoms in total. The number of nitrogens with one attached hydrogen (secondary N) is 1. The Hall–Kier alpha value is -1.77. The fourth-order valence-corrected chi connectivity index (χ4v) is 2.40. The number of alkyl halides is 3. The predicted octanol–water partition coefficient (Wildman–Crippen LogP) is 2.00. The van der Waals surface area contributed by atoms with E-state index < -0.39 is 24.5 Å². The van der Waals surface area contributed by atoms with Crippen LogP contribution in [0.15, 0.2) is 35.3 Å². The molecule has 1 aliphatic heterocycles. The normalized spacial score (nSPS) is 18.9. The highest BCUT2D eigenvalue weighted by Gasteiger charge is 2.39. The van der Waals surface area contributed by atoms with Crippen LogP contribution in [0.1, 0.15) is 6.17 Å². The van der Waals surface area contributed by atoms with Gasteiger partial charge in [-0.2, -0.15) is 13.2 Å². The average molecular weight is 348 g/mol. The highest BCUT2D eigenvalue weighted by molar-refractivity contribution is 6.30. The largest absolute Gasteiger partial charge is 0.416 e. The lowest BCUT2D eigenvalue weighted by Gasteiger charge is -2.16. The van der Waals surface area contributed by atoms with Crippen molar-refractivity contribution in [3.8, 4) is 11.3 Å². The van der Waals surface area contributed by atoms with E-state index in [1.807, 2.05) is 0 Å². The van der Waals surface area contributed by atoms with E-state index in [1.165, 1.54) is 10.8 Å². The second kappa shape index (κ2) is 5.70. The molecular formula is C14H13ClF3N3O2. The molecule has 1 fully saturated rings. The van der Waals surface area contributed by atoms with Crippen molar-refractivity contribution in [3.63, 3.8) is 0 Å². The van der Waals surface area contributed by atoms with Gasteiger partial charge in [0.2, 0.25) is 0 Å². The van der Waals surface area contributed by atoms with Gasteiger partial charge in [-0.05, 0) is 17.7 Å². The van der Waals surface area contributed by atoms with Gasteiger partial charge in [-0.25, -0.2) is 4.79 Å². The molecule has 1 unspecified atom stereocenters. The molecule has 1 aliphatic rings. The molecule has 0 aliphatic carbocycles. The van der Waals surface area contributed by atoms with Crippen LogP contribution >= 0.6 is 11.6 Å². The molecule has 9 heteroatoms. The van der Waals surface area contributed by atoms with Crippen LogP contribution in [0.3, 0.4) is 0 Å². The standard InChI is InChI=1S/C14H13ClF3N3O2/c15-9-3-1-8(2-4-9)10-6-21(12-5-19-12)13(23)20(10)7-11(22)14(16,17)18/h1-4,6,11-12,19,22H,5,7H2/t11?,12-/m0/s1. The maximum atomic E-state index is 12.6. The predicted molar refractivity (Wildman–Crippen MR) is 78.2 cm³/mol. The number of aromatic nitrogens is 2. The van der Waals surface area contributed by atoms with Gasteiger partial charge in [0.05, 0.1) is 12.2 Å². The van der Waals surface area contributed by atoms with Crippen molar-refractivity contribution in [1.29, 1.82) is 0 Å². The number of aliphatic hydroxyl groups is 1. The van der Waals surface area contributed by atoms with E-state index >= 15 is 0 Å². The minimum Gasteiger partial charge on any atom is -0.382 e. The summed E-state index contributed by atoms with van der Waals surface area (Å²) in [4.78, 5) is 12.4. The van der Waals surface area contributed by atoms with Gasteiger partial charge in [0.25, 0.3) is 0 Å². The number of imidazole rings is 1. The van der Waals surface area contributed by atoms with Gasteiger partial charge in [-0.1, -0.05) is 23.7 Å². The summed E-state index contributed by atoms with van der Waals surface area (Å²) in [6.07, 6.45) is -6.15. The molecule has 0 amide bonds. The van der Waals surface area contributed by atoms with Crippen LogP contribution in [0.5, 0.6) is 0 Å². The second-order valence-electron chi connectivity index (χ2n) is 5.30. The smallest absolute Gasteiger partial charge is 0.382 e. The highest BCUT2D eigenvalue weighted by Crippen LogP contribution is 2.26. The topological polar surface area (TPSA) is 69.1 Å². The van der Waals surface area contributed by atoms with E-state index in [2.05, 4.69) is 5.32 Å². The van der Waals surface area contributed by atoms with E-state index in [4.69, 9.17) is 11.6 Å². The van der Waals surface area contributed by atoms with Crippen molar-refractivity contribution in [2.75, 3.05) is 6.54 Å². The van der Waals surface area contributed by atoms with E-state index in [-0.39, 0.29) is 6.17 Å². The quantitative estimate of drug-likeness (QED) is 0.831. The fraction of sp³-hybridized carbons (Fsp3) is 0.357. The lowest BCUT2D eigenvalue weighted by Crippen LogP contribution is -2.37. The van der Waals surface area contributed by atoms with Gasteiger partial charge < -0.3 is 5.11 Å². The first-order valence-corrected chi connectivity index (χ1v) is 7.21. The minimum atomic E-state index is -4.80. The van der Waals surface area contributed by atoms with Gasteiger partial charge >= 0.3 is 11.9 Å². The molecule has 0 saturated carbocycles. The maximum absolute atomic E-state index is 12.6. The van der Waals surface area contributed by atoms with Crippen molar-refractivity contribution in [2.45, 2.75) is 25.0 Å². The average Bonchev–Trinajstić information content (AvgIpc) is 3.26. The molecule has 0 spiro atoms. The third kappa shape index (κ3) is 3.29. The van der Waals surface area contributed by atoms with Crippen LogP contribution in [0, 0.1) is 0 Å². The molecule has 2 N–H and O–H groups in total. The van der Waals surface area contributed by atoms with Gasteiger partial charge in [-0.15, -0.1) is 0 Å². The van der Waals surface area contributed by atoms with Crippen LogP contribution in [0.2, 0.25) is 5.02 Å². The Kier molecular flexibility index (Phi) is 3.99. The first-order valence-electron chi connectivity index (χ1n) is 6.83. The van der Waals surface area contributed by atoms with Crippen LogP contribution in [-0.4, -0.2) is 33.1 Å². The molecule has 23 heavy (non-hydrogen) atoms. The summed E-state index contributed by atoms with van der Waals surface area (Å²) in [7, 11) is 0. The zero-order valence-corrected chi connectivity index (χ0v) is 12.5. The highest BCUT2D eigenvalue weighted by atomic mass is 35.5. The van der Waals surface area contributed by atoms with E-state index in [0.717, 1.165) is 4.57 Å². The molecule has 2 heterocycles. The Labute approximate surface area is 133 Å². The van der Waals surface area contributed by atoms with Gasteiger partial charge in [0.1, 0.15) is 6.17 Å². The number of hydrogen-bond donors (Lipinski definition) is 2. The van der Waals surface area contributed by atoms with Crippen molar-refractivity contribution in [1.82, 2.24) is 14.5 Å². The molecule has 2 aromatic rings. The summed E-state index contributed by atoms with van der Waals surface area (Å²) >= 11 is 5.81. The van der Waals surface area contributed by atoms with Crippen LogP contribution in [0.4, 0.5) is 13.2 Å². The van der Waals surface area contributed by atoms with E-state index in [1.54, 1.807) is 24.3 Å². The molecule has 1 saturated heterocycles. The lowest BCUT2D eigenvalue weighted by atomic mass is 10.1. The fourth-order valence-electron chi connectivity index (χ4n) is 2.28. The van der Waals surface area contributed by atoms with Gasteiger partial charge in [-0.3, -0.25) is 14.5 Å². The number of hydrogen-bond acceptors (Lipinski definition) is 3. The zero-order chi connectivity index (χ0) is 16.8. The molecule has 3 rings (SSSR count).